The smallest absolute Gasteiger partial charge is 0.254 e. The molecule has 1 amide bonds. The third-order valence-electron chi connectivity index (χ3n) is 5.51. The number of carbonyl (C=O) groups is 1. The molecule has 0 spiro atoms. The number of rotatable bonds is 2. The summed E-state index contributed by atoms with van der Waals surface area (Å²) in [4.78, 5) is 15.3. The summed E-state index contributed by atoms with van der Waals surface area (Å²) in [5.41, 5.74) is 3.09. The highest BCUT2D eigenvalue weighted by Gasteiger charge is 2.44. The Morgan fingerprint density at radius 3 is 2.50 bits per heavy atom. The van der Waals surface area contributed by atoms with Crippen LogP contribution in [0.25, 0.3) is 0 Å². The van der Waals surface area contributed by atoms with E-state index in [2.05, 4.69) is 42.7 Å². The van der Waals surface area contributed by atoms with Crippen LogP contribution in [0.2, 0.25) is 0 Å². The lowest BCUT2D eigenvalue weighted by Crippen LogP contribution is -2.47. The fraction of sp³-hybridized carbons (Fsp3) is 0.474. The molecule has 0 radical (unpaired) electrons. The van der Waals surface area contributed by atoms with Crippen LogP contribution in [0.3, 0.4) is 0 Å². The Morgan fingerprint density at radius 2 is 1.88 bits per heavy atom. The van der Waals surface area contributed by atoms with E-state index in [1.54, 1.807) is 0 Å². The highest BCUT2D eigenvalue weighted by atomic mass is 79.9. The van der Waals surface area contributed by atoms with Gasteiger partial charge in [0.25, 0.3) is 5.91 Å². The topological polar surface area (TPSA) is 38.1 Å². The van der Waals surface area contributed by atoms with Crippen molar-refractivity contribution >= 4 is 21.8 Å². The van der Waals surface area contributed by atoms with Crippen LogP contribution >= 0.6 is 15.9 Å². The number of hydrogen-bond acceptors (Lipinski definition) is 2. The Bertz CT molecular complexity index is 771. The van der Waals surface area contributed by atoms with Crippen LogP contribution in [0.4, 0.5) is 0 Å². The van der Waals surface area contributed by atoms with Crippen LogP contribution in [-0.4, -0.2) is 32.7 Å². The van der Waals surface area contributed by atoms with Gasteiger partial charge in [0.15, 0.2) is 0 Å². The van der Waals surface area contributed by atoms with Gasteiger partial charge in [-0.25, -0.2) is 0 Å². The fourth-order valence-electron chi connectivity index (χ4n) is 4.32. The van der Waals surface area contributed by atoms with Gasteiger partial charge < -0.3 is 4.90 Å². The first-order valence-electron chi connectivity index (χ1n) is 8.62. The quantitative estimate of drug-likeness (QED) is 0.771. The number of aryl methyl sites for hydroxylation is 2. The van der Waals surface area contributed by atoms with E-state index in [-0.39, 0.29) is 5.91 Å². The van der Waals surface area contributed by atoms with Crippen LogP contribution in [0.15, 0.2) is 35.1 Å². The molecule has 5 heteroatoms. The van der Waals surface area contributed by atoms with Gasteiger partial charge in [-0.15, -0.1) is 0 Å². The van der Waals surface area contributed by atoms with Crippen molar-refractivity contribution in [3.05, 3.63) is 51.8 Å². The number of fused-ring (bicyclic) bond motifs is 2. The number of hydrogen-bond donors (Lipinski definition) is 0. The summed E-state index contributed by atoms with van der Waals surface area (Å²) < 4.78 is 3.08. The first-order valence-corrected chi connectivity index (χ1v) is 9.42. The van der Waals surface area contributed by atoms with E-state index in [0.29, 0.717) is 18.1 Å². The molecule has 2 atom stereocenters. The van der Waals surface area contributed by atoms with E-state index in [1.807, 2.05) is 32.3 Å². The second-order valence-electron chi connectivity index (χ2n) is 7.18. The molecule has 2 bridgehead atoms. The molecular weight excluding hydrogens is 366 g/mol. The molecule has 24 heavy (non-hydrogen) atoms. The van der Waals surface area contributed by atoms with Gasteiger partial charge in [0.2, 0.25) is 0 Å². The monoisotopic (exact) mass is 387 g/mol. The minimum atomic E-state index is 0.212. The molecule has 0 saturated carbocycles. The maximum Gasteiger partial charge on any atom is 0.254 e. The average molecular weight is 388 g/mol. The summed E-state index contributed by atoms with van der Waals surface area (Å²) in [6.07, 6.45) is 8.12. The lowest BCUT2D eigenvalue weighted by Gasteiger charge is -2.39. The summed E-state index contributed by atoms with van der Waals surface area (Å²) in [6.45, 7) is 4.08. The van der Waals surface area contributed by atoms with Crippen molar-refractivity contribution in [3.8, 4) is 0 Å². The van der Waals surface area contributed by atoms with Gasteiger partial charge in [-0.05, 0) is 67.1 Å². The lowest BCUT2D eigenvalue weighted by molar-refractivity contribution is 0.0523. The number of carbonyl (C=O) groups excluding carboxylic acids is 1. The molecule has 126 valence electrons. The predicted octanol–water partition coefficient (Wildman–Crippen LogP) is 4.27. The van der Waals surface area contributed by atoms with Crippen LogP contribution in [0, 0.1) is 13.8 Å². The van der Waals surface area contributed by atoms with E-state index < -0.39 is 0 Å². The number of aromatic nitrogens is 2. The third kappa shape index (κ3) is 2.69. The standard InChI is InChI=1S/C19H22BrN3O/c1-12-3-4-13(2)18(7-12)19(24)23-15-5-6-16(23)9-17(8-15)22-11-14(20)10-21-22/h3-4,7,10-11,15-17H,5-6,8-9H2,1-2H3. The number of nitrogens with zero attached hydrogens (tertiary/aromatic N) is 3. The van der Waals surface area contributed by atoms with Crippen molar-refractivity contribution < 1.29 is 4.79 Å². The number of piperidine rings is 1. The predicted molar refractivity (Wildman–Crippen MR) is 97.1 cm³/mol. The molecule has 2 aliphatic rings. The number of halogens is 1. The zero-order chi connectivity index (χ0) is 16.8. The van der Waals surface area contributed by atoms with Crippen LogP contribution in [-0.2, 0) is 0 Å². The normalized spacial score (nSPS) is 26.0. The summed E-state index contributed by atoms with van der Waals surface area (Å²) >= 11 is 3.48. The SMILES string of the molecule is Cc1ccc(C)c(C(=O)N2C3CCC2CC(n2cc(Br)cn2)C3)c1. The molecule has 1 aromatic heterocycles. The molecule has 3 heterocycles. The van der Waals surface area contributed by atoms with E-state index >= 15 is 0 Å². The minimum Gasteiger partial charge on any atom is -0.333 e. The van der Waals surface area contributed by atoms with Gasteiger partial charge in [-0.2, -0.15) is 5.10 Å². The van der Waals surface area contributed by atoms with Crippen molar-refractivity contribution in [2.45, 2.75) is 57.7 Å². The van der Waals surface area contributed by atoms with Gasteiger partial charge in [0.1, 0.15) is 0 Å². The molecular formula is C19H22BrN3O. The average Bonchev–Trinajstić information content (AvgIpc) is 3.10. The Morgan fingerprint density at radius 1 is 1.17 bits per heavy atom. The second-order valence-corrected chi connectivity index (χ2v) is 8.10. The summed E-state index contributed by atoms with van der Waals surface area (Å²) in [5, 5.41) is 4.46. The molecule has 0 aliphatic carbocycles. The van der Waals surface area contributed by atoms with Crippen LogP contribution < -0.4 is 0 Å². The molecule has 0 N–H and O–H groups in total. The summed E-state index contributed by atoms with van der Waals surface area (Å²) in [7, 11) is 0. The molecule has 2 unspecified atom stereocenters. The van der Waals surface area contributed by atoms with E-state index in [4.69, 9.17) is 0 Å². The maximum absolute atomic E-state index is 13.2. The zero-order valence-electron chi connectivity index (χ0n) is 14.1. The van der Waals surface area contributed by atoms with E-state index in [1.165, 1.54) is 0 Å². The van der Waals surface area contributed by atoms with Gasteiger partial charge in [-0.1, -0.05) is 17.7 Å². The minimum absolute atomic E-state index is 0.212. The van der Waals surface area contributed by atoms with Crippen molar-refractivity contribution in [3.63, 3.8) is 0 Å². The lowest BCUT2D eigenvalue weighted by atomic mass is 9.95. The Labute approximate surface area is 151 Å². The van der Waals surface area contributed by atoms with Gasteiger partial charge in [-0.3, -0.25) is 9.48 Å². The largest absolute Gasteiger partial charge is 0.333 e. The Balaban J connectivity index is 1.58. The highest BCUT2D eigenvalue weighted by Crippen LogP contribution is 2.41. The maximum atomic E-state index is 13.2. The summed E-state index contributed by atoms with van der Waals surface area (Å²) in [6, 6.07) is 7.24. The molecule has 2 aromatic rings. The van der Waals surface area contributed by atoms with Gasteiger partial charge >= 0.3 is 0 Å². The van der Waals surface area contributed by atoms with Crippen molar-refractivity contribution in [1.29, 1.82) is 0 Å². The van der Waals surface area contributed by atoms with Crippen molar-refractivity contribution in [2.75, 3.05) is 0 Å². The fourth-order valence-corrected chi connectivity index (χ4v) is 4.62. The number of amides is 1. The van der Waals surface area contributed by atoms with Crippen LogP contribution in [0.5, 0.6) is 0 Å². The molecule has 4 nitrogen and oxygen atoms in total. The first-order chi connectivity index (χ1) is 11.5. The Kier molecular flexibility index (Phi) is 3.99. The molecule has 1 aromatic carbocycles. The van der Waals surface area contributed by atoms with Crippen molar-refractivity contribution in [2.24, 2.45) is 0 Å². The van der Waals surface area contributed by atoms with Gasteiger partial charge in [0.05, 0.1) is 16.7 Å². The third-order valence-corrected chi connectivity index (χ3v) is 5.92. The van der Waals surface area contributed by atoms with Crippen molar-refractivity contribution in [1.82, 2.24) is 14.7 Å². The molecule has 2 fully saturated rings. The zero-order valence-corrected chi connectivity index (χ0v) is 15.7. The van der Waals surface area contributed by atoms with E-state index in [9.17, 15) is 4.79 Å². The second kappa shape index (κ2) is 6.03. The molecule has 4 rings (SSSR count). The van der Waals surface area contributed by atoms with E-state index in [0.717, 1.165) is 46.8 Å². The Hall–Kier alpha value is -1.62. The van der Waals surface area contributed by atoms with Crippen LogP contribution in [0.1, 0.15) is 53.2 Å². The molecule has 2 saturated heterocycles. The first kappa shape index (κ1) is 15.9. The number of benzene rings is 1. The van der Waals surface area contributed by atoms with Gasteiger partial charge in [0, 0.05) is 23.8 Å². The highest BCUT2D eigenvalue weighted by molar-refractivity contribution is 9.10. The molecule has 2 aliphatic heterocycles. The summed E-state index contributed by atoms with van der Waals surface area (Å²) in [5.74, 6) is 0.212.